The van der Waals surface area contributed by atoms with Crippen LogP contribution in [0.25, 0.3) is 0 Å². The Bertz CT molecular complexity index is 121. The van der Waals surface area contributed by atoms with Crippen molar-refractivity contribution >= 4 is 15.1 Å². The maximum absolute atomic E-state index is 2.33. The Labute approximate surface area is 46.6 Å². The van der Waals surface area contributed by atoms with E-state index >= 15 is 0 Å². The molecule has 0 amide bonds. The zero-order valence-corrected chi connectivity index (χ0v) is 6.12. The van der Waals surface area contributed by atoms with Crippen molar-refractivity contribution in [1.29, 1.82) is 0 Å². The van der Waals surface area contributed by atoms with Crippen molar-refractivity contribution < 1.29 is 0 Å². The molecule has 1 aromatic rings. The SMILES string of the molecule is CCp1cccp1. The lowest BCUT2D eigenvalue weighted by atomic mass is 10.8. The van der Waals surface area contributed by atoms with Gasteiger partial charge in [0.25, 0.3) is 0 Å². The van der Waals surface area contributed by atoms with Crippen LogP contribution in [0.4, 0.5) is 0 Å². The van der Waals surface area contributed by atoms with Gasteiger partial charge in [0.05, 0.1) is 0 Å². The van der Waals surface area contributed by atoms with Gasteiger partial charge in [0.2, 0.25) is 0 Å². The number of hydrogen-bond donors (Lipinski definition) is 0. The predicted molar refractivity (Wildman–Crippen MR) is 37.3 cm³/mol. The van der Waals surface area contributed by atoms with Crippen LogP contribution >= 0.6 is 15.1 Å². The lowest BCUT2D eigenvalue weighted by molar-refractivity contribution is 1.39. The molecule has 0 radical (unpaired) electrons. The second kappa shape index (κ2) is 2.50. The first-order valence-corrected chi connectivity index (χ1v) is 5.67. The fourth-order valence-electron chi connectivity index (χ4n) is 0.488. The van der Waals surface area contributed by atoms with Gasteiger partial charge in [-0.15, -0.1) is 0 Å². The summed E-state index contributed by atoms with van der Waals surface area (Å²) >= 11 is 0. The maximum atomic E-state index is 2.33. The van der Waals surface area contributed by atoms with Crippen molar-refractivity contribution in [2.45, 2.75) is 13.1 Å². The van der Waals surface area contributed by atoms with Crippen LogP contribution in [0, 0.1) is 0 Å². The van der Waals surface area contributed by atoms with E-state index in [-0.39, 0.29) is 0 Å². The van der Waals surface area contributed by atoms with Gasteiger partial charge in [-0.05, 0) is 17.8 Å². The zero-order chi connectivity index (χ0) is 5.11. The summed E-state index contributed by atoms with van der Waals surface area (Å²) in [7, 11) is 1.84. The van der Waals surface area contributed by atoms with E-state index in [9.17, 15) is 0 Å². The van der Waals surface area contributed by atoms with Gasteiger partial charge in [0.15, 0.2) is 0 Å². The maximum Gasteiger partial charge on any atom is -0.0129 e. The summed E-state index contributed by atoms with van der Waals surface area (Å²) in [6, 6.07) is 2.18. The van der Waals surface area contributed by atoms with E-state index < -0.39 is 0 Å². The molecule has 0 N–H and O–H groups in total. The number of rotatable bonds is 1. The number of aryl methyl sites for hydroxylation is 1. The van der Waals surface area contributed by atoms with Gasteiger partial charge in [-0.3, -0.25) is 0 Å². The molecule has 0 fully saturated rings. The van der Waals surface area contributed by atoms with Crippen molar-refractivity contribution in [2.24, 2.45) is 0 Å². The quantitative estimate of drug-likeness (QED) is 0.547. The first-order valence-electron chi connectivity index (χ1n) is 2.41. The largest absolute Gasteiger partial charge is 0.0963 e. The molecule has 0 saturated carbocycles. The van der Waals surface area contributed by atoms with Crippen molar-refractivity contribution in [2.75, 3.05) is 0 Å². The van der Waals surface area contributed by atoms with Crippen LogP contribution in [0.5, 0.6) is 0 Å². The van der Waals surface area contributed by atoms with Crippen LogP contribution in [-0.4, -0.2) is 0 Å². The fourth-order valence-corrected chi connectivity index (χ4v) is 3.39. The molecule has 0 spiro atoms. The first kappa shape index (κ1) is 5.35. The second-order valence-electron chi connectivity index (χ2n) is 1.36. The van der Waals surface area contributed by atoms with Crippen molar-refractivity contribution in [3.8, 4) is 0 Å². The summed E-state index contributed by atoms with van der Waals surface area (Å²) < 4.78 is 0. The zero-order valence-electron chi connectivity index (χ0n) is 4.33. The molecule has 2 heteroatoms. The van der Waals surface area contributed by atoms with Gasteiger partial charge in [-0.1, -0.05) is 28.1 Å². The minimum atomic E-state index is 0.293. The van der Waals surface area contributed by atoms with Gasteiger partial charge >= 0.3 is 0 Å². The highest BCUT2D eigenvalue weighted by Gasteiger charge is 1.80. The summed E-state index contributed by atoms with van der Waals surface area (Å²) in [6.07, 6.45) is 1.35. The van der Waals surface area contributed by atoms with E-state index in [0.29, 0.717) is 7.21 Å². The molecule has 38 valence electrons. The van der Waals surface area contributed by atoms with Gasteiger partial charge in [-0.2, -0.15) is 0 Å². The highest BCUT2D eigenvalue weighted by molar-refractivity contribution is 7.99. The van der Waals surface area contributed by atoms with Crippen LogP contribution in [0.15, 0.2) is 17.7 Å². The Morgan fingerprint density at radius 1 is 1.71 bits per heavy atom. The third-order valence-corrected chi connectivity index (χ3v) is 5.19. The Kier molecular flexibility index (Phi) is 1.91. The average Bonchev–Trinajstić information content (AvgIpc) is 2.14. The molecule has 1 rings (SSSR count). The van der Waals surface area contributed by atoms with Crippen LogP contribution in [0.1, 0.15) is 6.92 Å². The van der Waals surface area contributed by atoms with Gasteiger partial charge in [-0.25, -0.2) is 0 Å². The molecular formula is C5H8P2. The van der Waals surface area contributed by atoms with Crippen molar-refractivity contribution in [3.63, 3.8) is 0 Å². The van der Waals surface area contributed by atoms with E-state index in [2.05, 4.69) is 24.6 Å². The summed E-state index contributed by atoms with van der Waals surface area (Å²) in [5.74, 6) is 4.56. The summed E-state index contributed by atoms with van der Waals surface area (Å²) in [4.78, 5) is 0. The first-order chi connectivity index (χ1) is 3.43. The molecule has 0 aromatic carbocycles. The topological polar surface area (TPSA) is 0 Å². The fraction of sp³-hybridized carbons (Fsp3) is 0.400. The minimum absolute atomic E-state index is 0.293. The molecule has 0 bridgehead atoms. The second-order valence-corrected chi connectivity index (χ2v) is 5.93. The molecule has 7 heavy (non-hydrogen) atoms. The molecule has 1 unspecified atom stereocenters. The van der Waals surface area contributed by atoms with Crippen molar-refractivity contribution in [3.05, 3.63) is 17.7 Å². The normalized spacial score (nSPS) is 13.0. The molecule has 0 aliphatic heterocycles. The van der Waals surface area contributed by atoms with E-state index in [1.807, 2.05) is 0 Å². The van der Waals surface area contributed by atoms with Crippen LogP contribution < -0.4 is 0 Å². The number of hydrogen-bond acceptors (Lipinski definition) is 0. The third kappa shape index (κ3) is 1.30. The molecular weight excluding hydrogens is 122 g/mol. The molecule has 0 nitrogen and oxygen atoms in total. The van der Waals surface area contributed by atoms with Crippen LogP contribution in [-0.2, 0) is 6.16 Å². The highest BCUT2D eigenvalue weighted by Crippen LogP contribution is 2.38. The van der Waals surface area contributed by atoms with Crippen LogP contribution in [0.2, 0.25) is 0 Å². The van der Waals surface area contributed by atoms with Crippen molar-refractivity contribution in [1.82, 2.24) is 0 Å². The third-order valence-electron chi connectivity index (χ3n) is 0.883. The van der Waals surface area contributed by atoms with Gasteiger partial charge < -0.3 is 0 Å². The summed E-state index contributed by atoms with van der Waals surface area (Å²) in [6.45, 7) is 2.25. The van der Waals surface area contributed by atoms with Gasteiger partial charge in [0, 0.05) is 0 Å². The highest BCUT2D eigenvalue weighted by atomic mass is 31.9. The molecule has 1 aromatic heterocycles. The lowest BCUT2D eigenvalue weighted by Gasteiger charge is -1.80. The van der Waals surface area contributed by atoms with E-state index in [1.54, 1.807) is 7.87 Å². The van der Waals surface area contributed by atoms with E-state index in [1.165, 1.54) is 6.16 Å². The average molecular weight is 130 g/mol. The smallest absolute Gasteiger partial charge is 0.0129 e. The molecule has 0 aliphatic carbocycles. The summed E-state index contributed by atoms with van der Waals surface area (Å²) in [5.41, 5.74) is 0. The van der Waals surface area contributed by atoms with E-state index in [0.717, 1.165) is 0 Å². The summed E-state index contributed by atoms with van der Waals surface area (Å²) in [5, 5.41) is 0. The van der Waals surface area contributed by atoms with Gasteiger partial charge in [0.1, 0.15) is 0 Å². The van der Waals surface area contributed by atoms with Crippen LogP contribution in [0.3, 0.4) is 0 Å². The minimum Gasteiger partial charge on any atom is -0.0963 e. The predicted octanol–water partition coefficient (Wildman–Crippen LogP) is 3.27. The molecule has 1 heterocycles. The Balaban J connectivity index is 2.76. The molecule has 0 aliphatic rings. The monoisotopic (exact) mass is 130 g/mol. The standard InChI is InChI=1S/C5H8P2/c1-2-7-5-3-4-6-7/h3-5H,2H2,1H3. The molecule has 1 atom stereocenters. The Morgan fingerprint density at radius 2 is 2.57 bits per heavy atom. The lowest BCUT2D eigenvalue weighted by Crippen LogP contribution is -1.41. The van der Waals surface area contributed by atoms with E-state index in [4.69, 9.17) is 0 Å². The molecule has 0 saturated heterocycles. The Morgan fingerprint density at radius 3 is 2.86 bits per heavy atom. The Hall–Kier alpha value is 0.210.